The average molecular weight is 500 g/mol. The second-order valence-electron chi connectivity index (χ2n) is 6.35. The number of sulfonamides is 1. The number of halogens is 1. The van der Waals surface area contributed by atoms with Crippen molar-refractivity contribution in [2.24, 2.45) is 5.10 Å². The summed E-state index contributed by atoms with van der Waals surface area (Å²) in [5, 5.41) is 4.09. The van der Waals surface area contributed by atoms with Gasteiger partial charge in [-0.05, 0) is 42.0 Å². The largest absolute Gasteiger partial charge is 0.513 e. The predicted octanol–water partition coefficient (Wildman–Crippen LogP) is 2.42. The van der Waals surface area contributed by atoms with Crippen molar-refractivity contribution < 1.29 is 37.0 Å². The van der Waals surface area contributed by atoms with Gasteiger partial charge < -0.3 is 18.9 Å². The molecule has 0 spiro atoms. The molecular weight excluding hydrogens is 478 g/mol. The van der Waals surface area contributed by atoms with E-state index in [0.29, 0.717) is 5.56 Å². The number of hydrazone groups is 1. The molecule has 0 radical (unpaired) electrons. The van der Waals surface area contributed by atoms with E-state index in [2.05, 4.69) is 15.3 Å². The van der Waals surface area contributed by atoms with E-state index in [1.54, 1.807) is 6.07 Å². The number of carbonyl (C=O) groups is 2. The van der Waals surface area contributed by atoms with Crippen LogP contribution in [-0.4, -0.2) is 60.8 Å². The van der Waals surface area contributed by atoms with Gasteiger partial charge >= 0.3 is 6.16 Å². The minimum Gasteiger partial charge on any atom is -0.495 e. The zero-order valence-corrected chi connectivity index (χ0v) is 19.8. The van der Waals surface area contributed by atoms with E-state index in [-0.39, 0.29) is 28.0 Å². The highest BCUT2D eigenvalue weighted by Crippen LogP contribution is 2.32. The Bertz CT molecular complexity index is 1150. The average Bonchev–Trinajstić information content (AvgIpc) is 2.77. The molecule has 0 fully saturated rings. The maximum absolute atomic E-state index is 12.4. The molecule has 0 atom stereocenters. The van der Waals surface area contributed by atoms with Crippen LogP contribution in [0.2, 0.25) is 5.02 Å². The Morgan fingerprint density at radius 3 is 2.33 bits per heavy atom. The molecule has 0 aromatic heterocycles. The molecular formula is C20H22ClN3O8S. The van der Waals surface area contributed by atoms with Gasteiger partial charge in [0.1, 0.15) is 12.3 Å². The van der Waals surface area contributed by atoms with Gasteiger partial charge in [-0.1, -0.05) is 11.6 Å². The molecule has 11 nitrogen and oxygen atoms in total. The fraction of sp³-hybridized carbons (Fsp3) is 0.250. The lowest BCUT2D eigenvalue weighted by molar-refractivity contribution is -0.119. The lowest BCUT2D eigenvalue weighted by atomic mass is 10.2. The van der Waals surface area contributed by atoms with E-state index in [4.69, 9.17) is 25.8 Å². The molecule has 178 valence electrons. The van der Waals surface area contributed by atoms with Crippen molar-refractivity contribution in [2.45, 2.75) is 0 Å². The smallest absolute Gasteiger partial charge is 0.495 e. The predicted molar refractivity (Wildman–Crippen MR) is 122 cm³/mol. The van der Waals surface area contributed by atoms with Crippen LogP contribution >= 0.6 is 11.6 Å². The van der Waals surface area contributed by atoms with Crippen molar-refractivity contribution >= 4 is 45.6 Å². The molecule has 0 saturated heterocycles. The number of benzene rings is 2. The van der Waals surface area contributed by atoms with E-state index < -0.39 is 28.6 Å². The van der Waals surface area contributed by atoms with E-state index in [9.17, 15) is 18.0 Å². The Labute approximate surface area is 195 Å². The lowest BCUT2D eigenvalue weighted by Gasteiger charge is -2.23. The Kier molecular flexibility index (Phi) is 8.88. The van der Waals surface area contributed by atoms with Gasteiger partial charge in [-0.2, -0.15) is 5.10 Å². The normalized spacial score (nSPS) is 11.1. The van der Waals surface area contributed by atoms with Crippen LogP contribution < -0.4 is 23.9 Å². The fourth-order valence-electron chi connectivity index (χ4n) is 2.56. The van der Waals surface area contributed by atoms with Gasteiger partial charge in [-0.15, -0.1) is 0 Å². The molecule has 2 aromatic carbocycles. The standard InChI is InChI=1S/C20H22ClN3O8S/c1-29-16-8-6-14(21)10-15(16)24(33(4,27)28)12-19(25)23-22-11-13-5-7-17(18(9-13)30-2)32-20(26)31-3/h5-11H,12H2,1-4H3,(H,23,25)/b22-11-. The summed E-state index contributed by atoms with van der Waals surface area (Å²) in [7, 11) is 0.0701. The molecule has 1 amide bonds. The molecule has 2 aromatic rings. The van der Waals surface area contributed by atoms with E-state index >= 15 is 0 Å². The quantitative estimate of drug-likeness (QED) is 0.241. The van der Waals surface area contributed by atoms with Crippen LogP contribution in [0.5, 0.6) is 17.2 Å². The first-order chi connectivity index (χ1) is 15.6. The maximum Gasteiger partial charge on any atom is 0.513 e. The second kappa shape index (κ2) is 11.4. The van der Waals surface area contributed by atoms with Gasteiger partial charge in [0.2, 0.25) is 10.0 Å². The number of ether oxygens (including phenoxy) is 4. The number of nitrogens with one attached hydrogen (secondary N) is 1. The summed E-state index contributed by atoms with van der Waals surface area (Å²) in [5.74, 6) is -0.129. The van der Waals surface area contributed by atoms with E-state index in [1.807, 2.05) is 0 Å². The highest BCUT2D eigenvalue weighted by molar-refractivity contribution is 7.92. The number of nitrogens with zero attached hydrogens (tertiary/aromatic N) is 2. The SMILES string of the molecule is COC(=O)Oc1ccc(/C=N\NC(=O)CN(c2cc(Cl)ccc2OC)S(C)(=O)=O)cc1OC. The molecule has 0 aliphatic rings. The Morgan fingerprint density at radius 1 is 1.06 bits per heavy atom. The van der Waals surface area contributed by atoms with Gasteiger partial charge in [-0.3, -0.25) is 9.10 Å². The summed E-state index contributed by atoms with van der Waals surface area (Å²) in [4.78, 5) is 23.6. The van der Waals surface area contributed by atoms with Crippen LogP contribution in [0.25, 0.3) is 0 Å². The highest BCUT2D eigenvalue weighted by Gasteiger charge is 2.24. The van der Waals surface area contributed by atoms with Crippen LogP contribution in [-0.2, 0) is 19.6 Å². The van der Waals surface area contributed by atoms with Gasteiger partial charge in [-0.25, -0.2) is 18.6 Å². The second-order valence-corrected chi connectivity index (χ2v) is 8.69. The number of hydrogen-bond acceptors (Lipinski definition) is 9. The number of methoxy groups -OCH3 is 3. The van der Waals surface area contributed by atoms with Crippen LogP contribution in [0.3, 0.4) is 0 Å². The molecule has 0 unspecified atom stereocenters. The van der Waals surface area contributed by atoms with Crippen molar-refractivity contribution in [3.63, 3.8) is 0 Å². The number of hydrogen-bond donors (Lipinski definition) is 1. The van der Waals surface area contributed by atoms with Crippen molar-refractivity contribution in [3.05, 3.63) is 47.0 Å². The van der Waals surface area contributed by atoms with Crippen molar-refractivity contribution in [1.82, 2.24) is 5.43 Å². The summed E-state index contributed by atoms with van der Waals surface area (Å²) in [5.41, 5.74) is 2.86. The van der Waals surface area contributed by atoms with Gasteiger partial charge in [0.25, 0.3) is 5.91 Å². The van der Waals surface area contributed by atoms with Gasteiger partial charge in [0.15, 0.2) is 11.5 Å². The molecule has 2 rings (SSSR count). The van der Waals surface area contributed by atoms with Crippen molar-refractivity contribution in [2.75, 3.05) is 38.4 Å². The van der Waals surface area contributed by atoms with Crippen molar-refractivity contribution in [1.29, 1.82) is 0 Å². The Balaban J connectivity index is 2.14. The maximum atomic E-state index is 12.4. The van der Waals surface area contributed by atoms with E-state index in [1.165, 1.54) is 57.9 Å². The first kappa shape index (κ1) is 25.7. The van der Waals surface area contributed by atoms with Crippen LogP contribution in [0.1, 0.15) is 5.56 Å². The van der Waals surface area contributed by atoms with Gasteiger partial charge in [0.05, 0.1) is 39.5 Å². The third-order valence-corrected chi connectivity index (χ3v) is 5.41. The monoisotopic (exact) mass is 499 g/mol. The Morgan fingerprint density at radius 2 is 1.73 bits per heavy atom. The summed E-state index contributed by atoms with van der Waals surface area (Å²) in [6.45, 7) is -0.567. The Hall–Kier alpha value is -3.51. The van der Waals surface area contributed by atoms with Gasteiger partial charge in [0, 0.05) is 5.02 Å². The number of carbonyl (C=O) groups excluding carboxylic acids is 2. The molecule has 0 aliphatic carbocycles. The fourth-order valence-corrected chi connectivity index (χ4v) is 3.58. The summed E-state index contributed by atoms with van der Waals surface area (Å²) >= 11 is 5.98. The van der Waals surface area contributed by atoms with Crippen molar-refractivity contribution in [3.8, 4) is 17.2 Å². The lowest BCUT2D eigenvalue weighted by Crippen LogP contribution is -2.39. The first-order valence-corrected chi connectivity index (χ1v) is 11.4. The molecule has 0 aliphatic heterocycles. The minimum atomic E-state index is -3.85. The molecule has 0 bridgehead atoms. The zero-order chi connectivity index (χ0) is 24.6. The summed E-state index contributed by atoms with van der Waals surface area (Å²) in [6, 6.07) is 8.92. The summed E-state index contributed by atoms with van der Waals surface area (Å²) in [6.07, 6.45) is 1.34. The van der Waals surface area contributed by atoms with Crippen LogP contribution in [0, 0.1) is 0 Å². The van der Waals surface area contributed by atoms with Crippen LogP contribution in [0.4, 0.5) is 10.5 Å². The summed E-state index contributed by atoms with van der Waals surface area (Å²) < 4.78 is 45.1. The zero-order valence-electron chi connectivity index (χ0n) is 18.2. The first-order valence-electron chi connectivity index (χ1n) is 9.16. The molecule has 33 heavy (non-hydrogen) atoms. The van der Waals surface area contributed by atoms with Crippen LogP contribution in [0.15, 0.2) is 41.5 Å². The molecule has 1 N–H and O–H groups in total. The molecule has 0 heterocycles. The molecule has 13 heteroatoms. The topological polar surface area (TPSA) is 133 Å². The number of anilines is 1. The number of amides is 1. The third kappa shape index (κ3) is 7.26. The number of rotatable bonds is 9. The molecule has 0 saturated carbocycles. The third-order valence-electron chi connectivity index (χ3n) is 4.05. The minimum absolute atomic E-state index is 0.109. The highest BCUT2D eigenvalue weighted by atomic mass is 35.5. The van der Waals surface area contributed by atoms with E-state index in [0.717, 1.165) is 10.6 Å².